The van der Waals surface area contributed by atoms with Crippen molar-refractivity contribution < 1.29 is 10.2 Å². The van der Waals surface area contributed by atoms with Gasteiger partial charge in [-0.2, -0.15) is 10.5 Å². The first-order chi connectivity index (χ1) is 10.1. The molecule has 0 atom stereocenters. The molecule has 4 heteroatoms. The molecule has 0 aliphatic heterocycles. The number of rotatable bonds is 3. The Kier molecular flexibility index (Phi) is 4.11. The summed E-state index contributed by atoms with van der Waals surface area (Å²) in [6.07, 6.45) is 1.99. The lowest BCUT2D eigenvalue weighted by atomic mass is 9.93. The number of aryl methyl sites for hydroxylation is 1. The fourth-order valence-corrected chi connectivity index (χ4v) is 2.28. The third-order valence-corrected chi connectivity index (χ3v) is 3.29. The molecule has 0 spiro atoms. The molecule has 2 aromatic rings. The van der Waals surface area contributed by atoms with Gasteiger partial charge < -0.3 is 10.2 Å². The molecule has 104 valence electrons. The monoisotopic (exact) mass is 278 g/mol. The van der Waals surface area contributed by atoms with E-state index in [1.165, 1.54) is 11.6 Å². The molecule has 21 heavy (non-hydrogen) atoms. The second-order valence-electron chi connectivity index (χ2n) is 4.71. The summed E-state index contributed by atoms with van der Waals surface area (Å²) < 4.78 is 0. The molecule has 0 radical (unpaired) electrons. The first-order valence-corrected chi connectivity index (χ1v) is 6.60. The minimum absolute atomic E-state index is 0.0882. The maximum atomic E-state index is 9.82. The van der Waals surface area contributed by atoms with E-state index in [1.54, 1.807) is 0 Å². The standard InChI is InChI=1S/C17H14N2O2/c1-2-3-11-4-6-12(7-5-11)16-13(9-18)8-15(20)17(21)14(16)10-19/h4-8,20-21H,2-3H2,1H3. The molecule has 0 saturated carbocycles. The van der Waals surface area contributed by atoms with Gasteiger partial charge >= 0.3 is 0 Å². The number of nitriles is 2. The van der Waals surface area contributed by atoms with Gasteiger partial charge in [0, 0.05) is 11.6 Å². The molecule has 0 fully saturated rings. The maximum absolute atomic E-state index is 9.82. The van der Waals surface area contributed by atoms with Gasteiger partial charge in [0.25, 0.3) is 0 Å². The molecule has 0 aromatic heterocycles. The molecule has 0 heterocycles. The molecular formula is C17H14N2O2. The summed E-state index contributed by atoms with van der Waals surface area (Å²) in [7, 11) is 0. The van der Waals surface area contributed by atoms with Crippen molar-refractivity contribution in [3.05, 3.63) is 47.0 Å². The van der Waals surface area contributed by atoms with E-state index in [1.807, 2.05) is 36.4 Å². The second-order valence-corrected chi connectivity index (χ2v) is 4.71. The van der Waals surface area contributed by atoms with Crippen molar-refractivity contribution in [1.29, 1.82) is 10.5 Å². The van der Waals surface area contributed by atoms with E-state index >= 15 is 0 Å². The summed E-state index contributed by atoms with van der Waals surface area (Å²) >= 11 is 0. The Labute approximate surface area is 123 Å². The van der Waals surface area contributed by atoms with E-state index in [-0.39, 0.29) is 11.1 Å². The average molecular weight is 278 g/mol. The first kappa shape index (κ1) is 14.4. The minimum atomic E-state index is -0.496. The van der Waals surface area contributed by atoms with Crippen LogP contribution in [0.25, 0.3) is 11.1 Å². The Morgan fingerprint density at radius 3 is 2.24 bits per heavy atom. The highest BCUT2D eigenvalue weighted by atomic mass is 16.3. The van der Waals surface area contributed by atoms with Crippen LogP contribution in [0, 0.1) is 22.7 Å². The smallest absolute Gasteiger partial charge is 0.176 e. The van der Waals surface area contributed by atoms with Crippen molar-refractivity contribution in [1.82, 2.24) is 0 Å². The Morgan fingerprint density at radius 1 is 1.05 bits per heavy atom. The van der Waals surface area contributed by atoms with Crippen molar-refractivity contribution in [3.8, 4) is 34.8 Å². The van der Waals surface area contributed by atoms with Crippen molar-refractivity contribution in [2.75, 3.05) is 0 Å². The highest BCUT2D eigenvalue weighted by Crippen LogP contribution is 2.39. The van der Waals surface area contributed by atoms with Crippen LogP contribution >= 0.6 is 0 Å². The molecule has 0 saturated heterocycles. The first-order valence-electron chi connectivity index (χ1n) is 6.60. The summed E-state index contributed by atoms with van der Waals surface area (Å²) in [6.45, 7) is 2.09. The zero-order valence-corrected chi connectivity index (χ0v) is 11.6. The van der Waals surface area contributed by atoms with E-state index < -0.39 is 11.5 Å². The van der Waals surface area contributed by atoms with Gasteiger partial charge in [-0.1, -0.05) is 37.6 Å². The van der Waals surface area contributed by atoms with Gasteiger partial charge in [0.2, 0.25) is 0 Å². The predicted molar refractivity (Wildman–Crippen MR) is 78.6 cm³/mol. The number of phenols is 2. The molecule has 0 unspecified atom stereocenters. The van der Waals surface area contributed by atoms with Crippen molar-refractivity contribution in [2.24, 2.45) is 0 Å². The second kappa shape index (κ2) is 5.98. The summed E-state index contributed by atoms with van der Waals surface area (Å²) in [4.78, 5) is 0. The molecular weight excluding hydrogens is 264 g/mol. The molecule has 2 rings (SSSR count). The topological polar surface area (TPSA) is 88.0 Å². The number of hydrogen-bond acceptors (Lipinski definition) is 4. The van der Waals surface area contributed by atoms with E-state index in [4.69, 9.17) is 0 Å². The minimum Gasteiger partial charge on any atom is -0.504 e. The Morgan fingerprint density at radius 2 is 1.71 bits per heavy atom. The highest BCUT2D eigenvalue weighted by Gasteiger charge is 2.18. The average Bonchev–Trinajstić information content (AvgIpc) is 2.50. The van der Waals surface area contributed by atoms with E-state index in [9.17, 15) is 20.7 Å². The number of benzene rings is 2. The zero-order chi connectivity index (χ0) is 15.4. The maximum Gasteiger partial charge on any atom is 0.176 e. The zero-order valence-electron chi connectivity index (χ0n) is 11.6. The lowest BCUT2D eigenvalue weighted by Gasteiger charge is -2.10. The third kappa shape index (κ3) is 2.66. The highest BCUT2D eigenvalue weighted by molar-refractivity contribution is 5.81. The predicted octanol–water partition coefficient (Wildman–Crippen LogP) is 3.46. The Hall–Kier alpha value is -2.98. The van der Waals surface area contributed by atoms with Crippen molar-refractivity contribution in [3.63, 3.8) is 0 Å². The van der Waals surface area contributed by atoms with Crippen LogP contribution in [0.15, 0.2) is 30.3 Å². The quantitative estimate of drug-likeness (QED) is 0.841. The van der Waals surface area contributed by atoms with Crippen LogP contribution in [0.5, 0.6) is 11.5 Å². The number of phenolic OH excluding ortho intramolecular Hbond substituents is 2. The van der Waals surface area contributed by atoms with Gasteiger partial charge in [-0.15, -0.1) is 0 Å². The van der Waals surface area contributed by atoms with Gasteiger partial charge in [-0.3, -0.25) is 0 Å². The Balaban J connectivity index is 2.65. The molecule has 0 aliphatic rings. The van der Waals surface area contributed by atoms with E-state index in [0.29, 0.717) is 11.1 Å². The van der Waals surface area contributed by atoms with Crippen LogP contribution in [-0.4, -0.2) is 10.2 Å². The largest absolute Gasteiger partial charge is 0.504 e. The van der Waals surface area contributed by atoms with Crippen LogP contribution in [-0.2, 0) is 6.42 Å². The molecule has 0 amide bonds. The van der Waals surface area contributed by atoms with E-state index in [2.05, 4.69) is 6.92 Å². The molecule has 0 aliphatic carbocycles. The van der Waals surface area contributed by atoms with E-state index in [0.717, 1.165) is 12.8 Å². The van der Waals surface area contributed by atoms with Crippen molar-refractivity contribution >= 4 is 0 Å². The number of hydrogen-bond donors (Lipinski definition) is 2. The molecule has 4 nitrogen and oxygen atoms in total. The fourth-order valence-electron chi connectivity index (χ4n) is 2.28. The van der Waals surface area contributed by atoms with Gasteiger partial charge in [-0.25, -0.2) is 0 Å². The Bertz CT molecular complexity index is 750. The summed E-state index contributed by atoms with van der Waals surface area (Å²) in [5.41, 5.74) is 2.25. The summed E-state index contributed by atoms with van der Waals surface area (Å²) in [5, 5.41) is 37.8. The van der Waals surface area contributed by atoms with Gasteiger partial charge in [-0.05, 0) is 17.5 Å². The van der Waals surface area contributed by atoms with Crippen LogP contribution in [0.1, 0.15) is 30.0 Å². The molecule has 2 aromatic carbocycles. The van der Waals surface area contributed by atoms with Gasteiger partial charge in [0.1, 0.15) is 11.6 Å². The van der Waals surface area contributed by atoms with Crippen LogP contribution < -0.4 is 0 Å². The lowest BCUT2D eigenvalue weighted by molar-refractivity contribution is 0.402. The number of nitrogens with zero attached hydrogens (tertiary/aromatic N) is 2. The van der Waals surface area contributed by atoms with Crippen LogP contribution in [0.4, 0.5) is 0 Å². The normalized spacial score (nSPS) is 9.86. The lowest BCUT2D eigenvalue weighted by Crippen LogP contribution is -1.92. The molecule has 0 bridgehead atoms. The third-order valence-electron chi connectivity index (χ3n) is 3.29. The number of aromatic hydroxyl groups is 2. The summed E-state index contributed by atoms with van der Waals surface area (Å²) in [6, 6.07) is 12.5. The SMILES string of the molecule is CCCc1ccc(-c2c(C#N)cc(O)c(O)c2C#N)cc1. The van der Waals surface area contributed by atoms with Crippen LogP contribution in [0.3, 0.4) is 0 Å². The van der Waals surface area contributed by atoms with Gasteiger partial charge in [0.15, 0.2) is 11.5 Å². The van der Waals surface area contributed by atoms with Gasteiger partial charge in [0.05, 0.1) is 11.6 Å². The molecule has 2 N–H and O–H groups in total. The van der Waals surface area contributed by atoms with Crippen molar-refractivity contribution in [2.45, 2.75) is 19.8 Å². The summed E-state index contributed by atoms with van der Waals surface area (Å²) in [5.74, 6) is -0.960. The van der Waals surface area contributed by atoms with Crippen LogP contribution in [0.2, 0.25) is 0 Å². The fraction of sp³-hybridized carbons (Fsp3) is 0.176.